The Labute approximate surface area is 70.3 Å². The standard InChI is InChI=1S/C7H12IN/c8-4-7-9-5-2-1-3-6-9/h1-2H,3-7H2. The fourth-order valence-electron chi connectivity index (χ4n) is 1.01. The minimum absolute atomic E-state index is 1.17. The average Bonchev–Trinajstić information content (AvgIpc) is 1.91. The van der Waals surface area contributed by atoms with Crippen molar-refractivity contribution in [3.8, 4) is 0 Å². The molecule has 1 aliphatic rings. The quantitative estimate of drug-likeness (QED) is 0.401. The highest BCUT2D eigenvalue weighted by Gasteiger charge is 2.02. The van der Waals surface area contributed by atoms with Crippen LogP contribution in [0.2, 0.25) is 0 Å². The van der Waals surface area contributed by atoms with E-state index in [0.29, 0.717) is 0 Å². The van der Waals surface area contributed by atoms with E-state index in [0.717, 1.165) is 0 Å². The fourth-order valence-corrected chi connectivity index (χ4v) is 1.69. The monoisotopic (exact) mass is 237 g/mol. The maximum absolute atomic E-state index is 2.48. The molecule has 0 aromatic heterocycles. The highest BCUT2D eigenvalue weighted by Crippen LogP contribution is 2.00. The lowest BCUT2D eigenvalue weighted by Crippen LogP contribution is -2.28. The van der Waals surface area contributed by atoms with E-state index in [-0.39, 0.29) is 0 Å². The van der Waals surface area contributed by atoms with Gasteiger partial charge in [0.05, 0.1) is 0 Å². The molecule has 1 rings (SSSR count). The summed E-state index contributed by atoms with van der Waals surface area (Å²) in [7, 11) is 0. The molecule has 0 spiro atoms. The first kappa shape index (κ1) is 7.54. The first-order valence-corrected chi connectivity index (χ1v) is 4.89. The molecule has 0 bridgehead atoms. The summed E-state index contributed by atoms with van der Waals surface area (Å²) in [6.45, 7) is 3.69. The van der Waals surface area contributed by atoms with E-state index in [1.54, 1.807) is 0 Å². The summed E-state index contributed by atoms with van der Waals surface area (Å²) >= 11 is 2.42. The van der Waals surface area contributed by atoms with Crippen molar-refractivity contribution >= 4 is 22.6 Å². The van der Waals surface area contributed by atoms with E-state index in [1.165, 1.54) is 30.5 Å². The van der Waals surface area contributed by atoms with Gasteiger partial charge in [-0.25, -0.2) is 0 Å². The molecule has 0 aromatic rings. The summed E-state index contributed by atoms with van der Waals surface area (Å²) < 4.78 is 1.26. The van der Waals surface area contributed by atoms with Crippen LogP contribution in [-0.2, 0) is 0 Å². The van der Waals surface area contributed by atoms with Crippen molar-refractivity contribution in [2.45, 2.75) is 6.42 Å². The van der Waals surface area contributed by atoms with E-state index in [2.05, 4.69) is 39.6 Å². The zero-order valence-corrected chi connectivity index (χ0v) is 7.67. The van der Waals surface area contributed by atoms with Crippen LogP contribution in [0.3, 0.4) is 0 Å². The Morgan fingerprint density at radius 2 is 2.33 bits per heavy atom. The molecule has 0 fully saturated rings. The summed E-state index contributed by atoms with van der Waals surface area (Å²) in [5.74, 6) is 0. The van der Waals surface area contributed by atoms with Crippen molar-refractivity contribution in [1.82, 2.24) is 4.90 Å². The van der Waals surface area contributed by atoms with Crippen molar-refractivity contribution in [1.29, 1.82) is 0 Å². The van der Waals surface area contributed by atoms with Crippen LogP contribution in [0.25, 0.3) is 0 Å². The molecule has 52 valence electrons. The van der Waals surface area contributed by atoms with E-state index in [9.17, 15) is 0 Å². The van der Waals surface area contributed by atoms with Gasteiger partial charge in [-0.1, -0.05) is 34.7 Å². The Bertz CT molecular complexity index is 101. The molecule has 1 aliphatic heterocycles. The Hall–Kier alpha value is 0.430. The van der Waals surface area contributed by atoms with Crippen LogP contribution in [0.15, 0.2) is 12.2 Å². The maximum atomic E-state index is 2.48. The van der Waals surface area contributed by atoms with Crippen LogP contribution in [0.1, 0.15) is 6.42 Å². The molecule has 0 N–H and O–H groups in total. The van der Waals surface area contributed by atoms with E-state index in [4.69, 9.17) is 0 Å². The van der Waals surface area contributed by atoms with Gasteiger partial charge in [0.1, 0.15) is 0 Å². The van der Waals surface area contributed by atoms with Gasteiger partial charge in [-0.2, -0.15) is 0 Å². The molecule has 0 amide bonds. The first-order chi connectivity index (χ1) is 4.43. The van der Waals surface area contributed by atoms with Gasteiger partial charge in [-0.05, 0) is 6.42 Å². The van der Waals surface area contributed by atoms with Crippen molar-refractivity contribution in [3.63, 3.8) is 0 Å². The van der Waals surface area contributed by atoms with Crippen molar-refractivity contribution < 1.29 is 0 Å². The Morgan fingerprint density at radius 3 is 2.89 bits per heavy atom. The van der Waals surface area contributed by atoms with Gasteiger partial charge in [0.2, 0.25) is 0 Å². The van der Waals surface area contributed by atoms with Gasteiger partial charge < -0.3 is 0 Å². The zero-order chi connectivity index (χ0) is 6.53. The largest absolute Gasteiger partial charge is 0.299 e. The zero-order valence-electron chi connectivity index (χ0n) is 5.52. The van der Waals surface area contributed by atoms with Crippen molar-refractivity contribution in [2.24, 2.45) is 0 Å². The van der Waals surface area contributed by atoms with Gasteiger partial charge in [0.15, 0.2) is 0 Å². The molecular weight excluding hydrogens is 225 g/mol. The van der Waals surface area contributed by atoms with Gasteiger partial charge in [-0.3, -0.25) is 4.90 Å². The van der Waals surface area contributed by atoms with Gasteiger partial charge in [-0.15, -0.1) is 0 Å². The van der Waals surface area contributed by atoms with Gasteiger partial charge >= 0.3 is 0 Å². The lowest BCUT2D eigenvalue weighted by Gasteiger charge is -2.21. The number of rotatable bonds is 2. The number of hydrogen-bond acceptors (Lipinski definition) is 1. The second-order valence-corrected chi connectivity index (χ2v) is 3.33. The number of hydrogen-bond donors (Lipinski definition) is 0. The molecule has 0 saturated carbocycles. The van der Waals surface area contributed by atoms with E-state index >= 15 is 0 Å². The third-order valence-corrected chi connectivity index (χ3v) is 2.03. The van der Waals surface area contributed by atoms with Crippen LogP contribution in [0, 0.1) is 0 Å². The Balaban J connectivity index is 2.18. The van der Waals surface area contributed by atoms with Gasteiger partial charge in [0, 0.05) is 24.1 Å². The Kier molecular flexibility index (Phi) is 3.58. The Morgan fingerprint density at radius 1 is 1.44 bits per heavy atom. The van der Waals surface area contributed by atoms with Crippen molar-refractivity contribution in [2.75, 3.05) is 24.1 Å². The SMILES string of the molecule is ICCN1CC=CCC1. The van der Waals surface area contributed by atoms with Crippen LogP contribution in [0.4, 0.5) is 0 Å². The average molecular weight is 237 g/mol. The number of alkyl halides is 1. The predicted octanol–water partition coefficient (Wildman–Crippen LogP) is 1.68. The number of nitrogens with zero attached hydrogens (tertiary/aromatic N) is 1. The second-order valence-electron chi connectivity index (χ2n) is 2.25. The highest BCUT2D eigenvalue weighted by molar-refractivity contribution is 14.1. The van der Waals surface area contributed by atoms with Crippen LogP contribution >= 0.6 is 22.6 Å². The normalized spacial score (nSPS) is 20.6. The summed E-state index contributed by atoms with van der Waals surface area (Å²) in [6, 6.07) is 0. The van der Waals surface area contributed by atoms with Gasteiger partial charge in [0.25, 0.3) is 0 Å². The second kappa shape index (κ2) is 4.28. The van der Waals surface area contributed by atoms with Crippen LogP contribution in [-0.4, -0.2) is 29.0 Å². The molecule has 1 nitrogen and oxygen atoms in total. The van der Waals surface area contributed by atoms with Crippen LogP contribution in [0.5, 0.6) is 0 Å². The van der Waals surface area contributed by atoms with E-state index < -0.39 is 0 Å². The molecule has 0 aromatic carbocycles. The molecule has 0 aliphatic carbocycles. The predicted molar refractivity (Wildman–Crippen MR) is 49.1 cm³/mol. The summed E-state index contributed by atoms with van der Waals surface area (Å²) in [4.78, 5) is 2.48. The number of halogens is 1. The van der Waals surface area contributed by atoms with Crippen molar-refractivity contribution in [3.05, 3.63) is 12.2 Å². The summed E-state index contributed by atoms with van der Waals surface area (Å²) in [6.07, 6.45) is 5.77. The molecule has 9 heavy (non-hydrogen) atoms. The third kappa shape index (κ3) is 2.67. The fraction of sp³-hybridized carbons (Fsp3) is 0.714. The lowest BCUT2D eigenvalue weighted by molar-refractivity contribution is 0.319. The molecule has 0 atom stereocenters. The molecule has 0 unspecified atom stereocenters. The lowest BCUT2D eigenvalue weighted by atomic mass is 10.2. The smallest absolute Gasteiger partial charge is 0.0163 e. The molecule has 1 heterocycles. The maximum Gasteiger partial charge on any atom is 0.0163 e. The first-order valence-electron chi connectivity index (χ1n) is 3.37. The minimum atomic E-state index is 1.17. The minimum Gasteiger partial charge on any atom is -0.299 e. The molecular formula is C7H12IN. The van der Waals surface area contributed by atoms with E-state index in [1.807, 2.05) is 0 Å². The summed E-state index contributed by atoms with van der Waals surface area (Å²) in [5.41, 5.74) is 0. The third-order valence-electron chi connectivity index (χ3n) is 1.54. The van der Waals surface area contributed by atoms with Crippen LogP contribution < -0.4 is 0 Å². The molecule has 0 saturated heterocycles. The highest BCUT2D eigenvalue weighted by atomic mass is 127. The molecule has 2 heteroatoms. The molecule has 0 radical (unpaired) electrons. The summed E-state index contributed by atoms with van der Waals surface area (Å²) in [5, 5.41) is 0. The topological polar surface area (TPSA) is 3.24 Å².